The van der Waals surface area contributed by atoms with Gasteiger partial charge in [0, 0.05) is 17.2 Å². The summed E-state index contributed by atoms with van der Waals surface area (Å²) in [4.78, 5) is -0.203. The smallest absolute Gasteiger partial charge is 0.264 e. The third kappa shape index (κ3) is 3.54. The van der Waals surface area contributed by atoms with Crippen molar-refractivity contribution in [2.45, 2.75) is 31.1 Å². The highest BCUT2D eigenvalue weighted by atomic mass is 35.5. The molecule has 0 fully saturated rings. The van der Waals surface area contributed by atoms with Crippen molar-refractivity contribution in [3.05, 3.63) is 40.8 Å². The highest BCUT2D eigenvalue weighted by molar-refractivity contribution is 7.92. The number of anilines is 1. The van der Waals surface area contributed by atoms with E-state index in [9.17, 15) is 12.8 Å². The SMILES string of the molecule is CC(C)(C)c1cc(NS(=O)(=O)c2ccc(F)cc2Cl)n[nH]1. The molecule has 0 spiro atoms. The van der Waals surface area contributed by atoms with Gasteiger partial charge in [-0.2, -0.15) is 5.10 Å². The van der Waals surface area contributed by atoms with Gasteiger partial charge in [0.2, 0.25) is 0 Å². The number of aromatic nitrogens is 2. The van der Waals surface area contributed by atoms with Gasteiger partial charge >= 0.3 is 0 Å². The van der Waals surface area contributed by atoms with E-state index in [1.807, 2.05) is 20.8 Å². The molecule has 2 rings (SSSR count). The molecule has 0 aliphatic heterocycles. The lowest BCUT2D eigenvalue weighted by molar-refractivity contribution is 0.567. The van der Waals surface area contributed by atoms with Gasteiger partial charge in [0.1, 0.15) is 10.7 Å². The number of rotatable bonds is 3. The first-order valence-corrected chi connectivity index (χ1v) is 7.99. The Labute approximate surface area is 127 Å². The predicted molar refractivity (Wildman–Crippen MR) is 79.5 cm³/mol. The Bertz CT molecular complexity index is 766. The highest BCUT2D eigenvalue weighted by Gasteiger charge is 2.22. The molecule has 5 nitrogen and oxygen atoms in total. The summed E-state index contributed by atoms with van der Waals surface area (Å²) < 4.78 is 39.7. The summed E-state index contributed by atoms with van der Waals surface area (Å²) in [6, 6.07) is 4.69. The van der Waals surface area contributed by atoms with Crippen LogP contribution in [0.3, 0.4) is 0 Å². The second-order valence-corrected chi connectivity index (χ2v) is 7.66. The molecule has 114 valence electrons. The van der Waals surface area contributed by atoms with Gasteiger partial charge < -0.3 is 0 Å². The van der Waals surface area contributed by atoms with Crippen LogP contribution in [-0.2, 0) is 15.4 Å². The molecule has 0 bridgehead atoms. The minimum atomic E-state index is -3.92. The van der Waals surface area contributed by atoms with Crippen molar-refractivity contribution in [2.24, 2.45) is 0 Å². The molecule has 0 aliphatic rings. The monoisotopic (exact) mass is 331 g/mol. The van der Waals surface area contributed by atoms with Crippen molar-refractivity contribution in [3.8, 4) is 0 Å². The molecule has 0 saturated heterocycles. The van der Waals surface area contributed by atoms with E-state index in [1.165, 1.54) is 0 Å². The van der Waals surface area contributed by atoms with Gasteiger partial charge in [-0.05, 0) is 18.2 Å². The lowest BCUT2D eigenvalue weighted by Crippen LogP contribution is -2.14. The van der Waals surface area contributed by atoms with E-state index >= 15 is 0 Å². The Kier molecular flexibility index (Phi) is 3.99. The van der Waals surface area contributed by atoms with Gasteiger partial charge in [0.15, 0.2) is 5.82 Å². The maximum atomic E-state index is 13.0. The van der Waals surface area contributed by atoms with Gasteiger partial charge in [0.05, 0.1) is 5.02 Å². The molecule has 2 N–H and O–H groups in total. The van der Waals surface area contributed by atoms with Crippen LogP contribution in [0.1, 0.15) is 26.5 Å². The summed E-state index contributed by atoms with van der Waals surface area (Å²) in [7, 11) is -3.92. The van der Waals surface area contributed by atoms with Crippen molar-refractivity contribution >= 4 is 27.4 Å². The van der Waals surface area contributed by atoms with Crippen LogP contribution in [0.15, 0.2) is 29.2 Å². The van der Waals surface area contributed by atoms with Crippen molar-refractivity contribution in [2.75, 3.05) is 4.72 Å². The summed E-state index contributed by atoms with van der Waals surface area (Å²) >= 11 is 5.77. The van der Waals surface area contributed by atoms with Crippen LogP contribution >= 0.6 is 11.6 Å². The van der Waals surface area contributed by atoms with E-state index in [2.05, 4.69) is 14.9 Å². The number of aromatic amines is 1. The van der Waals surface area contributed by atoms with Gasteiger partial charge in [0.25, 0.3) is 10.0 Å². The van der Waals surface area contributed by atoms with Crippen LogP contribution in [0.2, 0.25) is 5.02 Å². The number of sulfonamides is 1. The Morgan fingerprint density at radius 3 is 2.48 bits per heavy atom. The second-order valence-electron chi connectivity index (χ2n) is 5.60. The normalized spacial score (nSPS) is 12.4. The highest BCUT2D eigenvalue weighted by Crippen LogP contribution is 2.26. The van der Waals surface area contributed by atoms with E-state index in [0.717, 1.165) is 23.9 Å². The standard InChI is InChI=1S/C13H15ClFN3O2S/c1-13(2,3)11-7-12(17-16-11)18-21(19,20)10-5-4-8(15)6-9(10)14/h4-7H,1-3H3,(H2,16,17,18). The zero-order valence-electron chi connectivity index (χ0n) is 11.7. The molecule has 0 unspecified atom stereocenters. The van der Waals surface area contributed by atoms with Crippen LogP contribution in [0.25, 0.3) is 0 Å². The lowest BCUT2D eigenvalue weighted by Gasteiger charge is -2.14. The molecular formula is C13H15ClFN3O2S. The molecule has 2 aromatic rings. The molecule has 0 atom stereocenters. The molecule has 0 radical (unpaired) electrons. The topological polar surface area (TPSA) is 74.8 Å². The Morgan fingerprint density at radius 2 is 1.95 bits per heavy atom. The van der Waals surface area contributed by atoms with E-state index in [1.54, 1.807) is 6.07 Å². The third-order valence-electron chi connectivity index (χ3n) is 2.81. The van der Waals surface area contributed by atoms with Gasteiger partial charge in [-0.3, -0.25) is 9.82 Å². The first-order valence-electron chi connectivity index (χ1n) is 6.13. The Morgan fingerprint density at radius 1 is 1.29 bits per heavy atom. The largest absolute Gasteiger partial charge is 0.280 e. The number of nitrogens with zero attached hydrogens (tertiary/aromatic N) is 1. The summed E-state index contributed by atoms with van der Waals surface area (Å²) in [5, 5.41) is 6.50. The number of halogens is 2. The maximum absolute atomic E-state index is 13.0. The van der Waals surface area contributed by atoms with Crippen LogP contribution in [0, 0.1) is 5.82 Å². The van der Waals surface area contributed by atoms with Crippen LogP contribution in [0.5, 0.6) is 0 Å². The number of hydrogen-bond donors (Lipinski definition) is 2. The molecule has 8 heteroatoms. The molecule has 0 amide bonds. The average Bonchev–Trinajstić information content (AvgIpc) is 2.75. The fourth-order valence-electron chi connectivity index (χ4n) is 1.64. The van der Waals surface area contributed by atoms with E-state index in [-0.39, 0.29) is 21.2 Å². The maximum Gasteiger partial charge on any atom is 0.264 e. The van der Waals surface area contributed by atoms with Crippen LogP contribution in [0.4, 0.5) is 10.2 Å². The molecule has 1 heterocycles. The predicted octanol–water partition coefficient (Wildman–Crippen LogP) is 3.30. The summed E-state index contributed by atoms with van der Waals surface area (Å²) in [6.07, 6.45) is 0. The minimum Gasteiger partial charge on any atom is -0.280 e. The van der Waals surface area contributed by atoms with Crippen molar-refractivity contribution in [1.82, 2.24) is 10.2 Å². The van der Waals surface area contributed by atoms with Crippen molar-refractivity contribution in [3.63, 3.8) is 0 Å². The third-order valence-corrected chi connectivity index (χ3v) is 4.65. The molecule has 1 aromatic heterocycles. The van der Waals surface area contributed by atoms with Gasteiger partial charge in [-0.1, -0.05) is 32.4 Å². The summed E-state index contributed by atoms with van der Waals surface area (Å²) in [5.74, 6) is -0.450. The number of H-pyrrole nitrogens is 1. The number of nitrogens with one attached hydrogen (secondary N) is 2. The van der Waals surface area contributed by atoms with E-state index in [0.29, 0.717) is 0 Å². The van der Waals surface area contributed by atoms with Gasteiger partial charge in [-0.15, -0.1) is 0 Å². The summed E-state index contributed by atoms with van der Waals surface area (Å²) in [5.41, 5.74) is 0.593. The zero-order chi connectivity index (χ0) is 15.8. The minimum absolute atomic E-state index is 0.153. The average molecular weight is 332 g/mol. The van der Waals surface area contributed by atoms with E-state index < -0.39 is 15.8 Å². The first-order chi connectivity index (χ1) is 9.59. The fraction of sp³-hybridized carbons (Fsp3) is 0.308. The molecule has 0 aliphatic carbocycles. The molecule has 1 aromatic carbocycles. The second kappa shape index (κ2) is 5.31. The molecule has 21 heavy (non-hydrogen) atoms. The summed E-state index contributed by atoms with van der Waals surface area (Å²) in [6.45, 7) is 5.90. The van der Waals surface area contributed by atoms with Crippen molar-refractivity contribution in [1.29, 1.82) is 0 Å². The van der Waals surface area contributed by atoms with Crippen molar-refractivity contribution < 1.29 is 12.8 Å². The Balaban J connectivity index is 2.31. The first kappa shape index (κ1) is 15.8. The zero-order valence-corrected chi connectivity index (χ0v) is 13.3. The molecular weight excluding hydrogens is 317 g/mol. The number of hydrogen-bond acceptors (Lipinski definition) is 3. The quantitative estimate of drug-likeness (QED) is 0.906. The fourth-order valence-corrected chi connectivity index (χ4v) is 3.17. The van der Waals surface area contributed by atoms with Crippen LogP contribution < -0.4 is 4.72 Å². The number of benzene rings is 1. The Hall–Kier alpha value is -1.60. The van der Waals surface area contributed by atoms with Crippen LogP contribution in [-0.4, -0.2) is 18.6 Å². The van der Waals surface area contributed by atoms with E-state index in [4.69, 9.17) is 11.6 Å². The van der Waals surface area contributed by atoms with Gasteiger partial charge in [-0.25, -0.2) is 12.8 Å². The lowest BCUT2D eigenvalue weighted by atomic mass is 9.92. The molecule has 0 saturated carbocycles.